The average Bonchev–Trinajstić information content (AvgIpc) is 3.25. The molecule has 0 radical (unpaired) electrons. The molecule has 0 atom stereocenters. The monoisotopic (exact) mass is 526 g/mol. The lowest BCUT2D eigenvalue weighted by Crippen LogP contribution is -2.59. The van der Waals surface area contributed by atoms with Crippen LogP contribution in [0.1, 0.15) is 54.7 Å². The van der Waals surface area contributed by atoms with E-state index in [-0.39, 0.29) is 17.5 Å². The van der Waals surface area contributed by atoms with Gasteiger partial charge in [-0.2, -0.15) is 0 Å². The number of carbonyl (C=O) groups is 2. The number of carbonyl (C=O) groups excluding carboxylic acids is 2. The van der Waals surface area contributed by atoms with Crippen LogP contribution in [-0.2, 0) is 4.74 Å². The molecule has 0 unspecified atom stereocenters. The summed E-state index contributed by atoms with van der Waals surface area (Å²) in [6.45, 7) is 11.0. The molecule has 1 aliphatic heterocycles. The van der Waals surface area contributed by atoms with Gasteiger partial charge < -0.3 is 15.0 Å². The number of aromatic nitrogens is 3. The molecule has 3 aromatic heterocycles. The molecule has 1 aliphatic carbocycles. The molecule has 190 valence electrons. The van der Waals surface area contributed by atoms with Crippen molar-refractivity contribution in [3.63, 3.8) is 0 Å². The lowest BCUT2D eigenvalue weighted by molar-refractivity contribution is -0.00573. The molecule has 4 heterocycles. The molecule has 3 aromatic rings. The summed E-state index contributed by atoms with van der Waals surface area (Å²) in [4.78, 5) is 44.2. The van der Waals surface area contributed by atoms with Gasteiger partial charge in [0.1, 0.15) is 11.4 Å². The molecule has 11 heteroatoms. The lowest BCUT2D eigenvalue weighted by atomic mass is 10.1. The molecule has 0 bridgehead atoms. The van der Waals surface area contributed by atoms with Crippen LogP contribution in [0.2, 0.25) is 0 Å². The summed E-state index contributed by atoms with van der Waals surface area (Å²) in [6, 6.07) is 3.57. The van der Waals surface area contributed by atoms with Gasteiger partial charge in [-0.1, -0.05) is 0 Å². The third-order valence-electron chi connectivity index (χ3n) is 6.27. The van der Waals surface area contributed by atoms with E-state index in [2.05, 4.69) is 20.3 Å². The van der Waals surface area contributed by atoms with E-state index in [0.29, 0.717) is 31.0 Å². The van der Waals surface area contributed by atoms with E-state index in [9.17, 15) is 9.59 Å². The first-order valence-electron chi connectivity index (χ1n) is 12.0. The van der Waals surface area contributed by atoms with Gasteiger partial charge in [0.2, 0.25) is 0 Å². The van der Waals surface area contributed by atoms with Crippen LogP contribution in [-0.4, -0.2) is 67.5 Å². The second kappa shape index (κ2) is 9.11. The first kappa shape index (κ1) is 24.6. The van der Waals surface area contributed by atoms with E-state index in [1.807, 2.05) is 49.8 Å². The molecule has 0 aromatic carbocycles. The number of hydrogen-bond donors (Lipinski definition) is 1. The van der Waals surface area contributed by atoms with Crippen molar-refractivity contribution in [2.75, 3.05) is 25.0 Å². The van der Waals surface area contributed by atoms with E-state index < -0.39 is 5.60 Å². The average molecular weight is 527 g/mol. The topological polar surface area (TPSA) is 101 Å². The summed E-state index contributed by atoms with van der Waals surface area (Å²) < 4.78 is 5.59. The smallest absolute Gasteiger partial charge is 0.410 e. The Bertz CT molecular complexity index is 1290. The van der Waals surface area contributed by atoms with Crippen LogP contribution in [0.4, 0.5) is 15.7 Å². The number of anilines is 2. The fourth-order valence-electron chi connectivity index (χ4n) is 4.42. The van der Waals surface area contributed by atoms with Gasteiger partial charge in [0, 0.05) is 31.2 Å². The summed E-state index contributed by atoms with van der Waals surface area (Å²) >= 11 is 3.13. The summed E-state index contributed by atoms with van der Waals surface area (Å²) in [5, 5.41) is 6.98. The molecule has 9 nitrogen and oxygen atoms in total. The summed E-state index contributed by atoms with van der Waals surface area (Å²) in [5.74, 6) is 0.551. The highest BCUT2D eigenvalue weighted by Gasteiger charge is 2.55. The standard InChI is InChI=1S/C25H30N6O3S2/c1-15-20(36-16(2)27-15)18-13-35-22(28-18)29-19-7-6-17(12-26-19)21(32)30-10-11-31(25(14-30)8-9-25)23(33)34-24(3,4)5/h6-7,12-13H,8-11,14H2,1-5H3,(H,26,28,29). The number of thiazole rings is 2. The summed E-state index contributed by atoms with van der Waals surface area (Å²) in [7, 11) is 0. The predicted molar refractivity (Wildman–Crippen MR) is 141 cm³/mol. The Hall–Kier alpha value is -3.05. The number of ether oxygens (including phenoxy) is 1. The van der Waals surface area contributed by atoms with Crippen molar-refractivity contribution in [3.8, 4) is 10.6 Å². The van der Waals surface area contributed by atoms with Crippen LogP contribution in [0, 0.1) is 13.8 Å². The van der Waals surface area contributed by atoms with Crippen molar-refractivity contribution in [2.24, 2.45) is 0 Å². The van der Waals surface area contributed by atoms with E-state index in [0.717, 1.165) is 39.2 Å². The largest absolute Gasteiger partial charge is 0.444 e. The molecular formula is C25H30N6O3S2. The SMILES string of the molecule is Cc1nc(C)c(-c2csc(Nc3ccc(C(=O)N4CCN(C(=O)OC(C)(C)C)C5(CC5)C4)cn3)n2)s1. The number of nitrogens with one attached hydrogen (secondary N) is 1. The van der Waals surface area contributed by atoms with Gasteiger partial charge in [0.15, 0.2) is 5.13 Å². The zero-order valence-corrected chi connectivity index (χ0v) is 22.8. The number of piperazine rings is 1. The third-order valence-corrected chi connectivity index (χ3v) is 8.12. The minimum atomic E-state index is -0.541. The van der Waals surface area contributed by atoms with Gasteiger partial charge in [-0.25, -0.2) is 19.7 Å². The van der Waals surface area contributed by atoms with Gasteiger partial charge in [0.25, 0.3) is 5.91 Å². The third kappa shape index (κ3) is 5.08. The van der Waals surface area contributed by atoms with Crippen molar-refractivity contribution in [1.29, 1.82) is 0 Å². The molecule has 1 saturated carbocycles. The molecule has 5 rings (SSSR count). The summed E-state index contributed by atoms with van der Waals surface area (Å²) in [6.07, 6.45) is 3.06. The summed E-state index contributed by atoms with van der Waals surface area (Å²) in [5.41, 5.74) is 1.56. The second-order valence-corrected chi connectivity index (χ2v) is 12.4. The van der Waals surface area contributed by atoms with Crippen LogP contribution >= 0.6 is 22.7 Å². The van der Waals surface area contributed by atoms with Gasteiger partial charge in [0.05, 0.1) is 32.4 Å². The normalized spacial score (nSPS) is 16.8. The van der Waals surface area contributed by atoms with Crippen LogP contribution in [0.25, 0.3) is 10.6 Å². The van der Waals surface area contributed by atoms with E-state index >= 15 is 0 Å². The van der Waals surface area contributed by atoms with Crippen LogP contribution in [0.15, 0.2) is 23.7 Å². The minimum absolute atomic E-state index is 0.0725. The highest BCUT2D eigenvalue weighted by molar-refractivity contribution is 7.16. The molecule has 1 saturated heterocycles. The van der Waals surface area contributed by atoms with Crippen LogP contribution in [0.3, 0.4) is 0 Å². The van der Waals surface area contributed by atoms with Crippen LogP contribution < -0.4 is 5.32 Å². The van der Waals surface area contributed by atoms with Crippen molar-refractivity contribution in [3.05, 3.63) is 40.0 Å². The zero-order valence-electron chi connectivity index (χ0n) is 21.1. The molecule has 1 spiro atoms. The van der Waals surface area contributed by atoms with Crippen molar-refractivity contribution in [2.45, 2.75) is 58.6 Å². The fraction of sp³-hybridized carbons (Fsp3) is 0.480. The van der Waals surface area contributed by atoms with Gasteiger partial charge in [-0.05, 0) is 59.6 Å². The Morgan fingerprint density at radius 2 is 1.92 bits per heavy atom. The maximum absolute atomic E-state index is 13.2. The highest BCUT2D eigenvalue weighted by atomic mass is 32.1. The Morgan fingerprint density at radius 3 is 2.53 bits per heavy atom. The number of rotatable bonds is 4. The van der Waals surface area contributed by atoms with Gasteiger partial charge in [-0.3, -0.25) is 9.69 Å². The van der Waals surface area contributed by atoms with Gasteiger partial charge in [-0.15, -0.1) is 22.7 Å². The highest BCUT2D eigenvalue weighted by Crippen LogP contribution is 2.45. The van der Waals surface area contributed by atoms with Crippen molar-refractivity contribution >= 4 is 45.6 Å². The number of nitrogens with zero attached hydrogens (tertiary/aromatic N) is 5. The number of hydrogen-bond acceptors (Lipinski definition) is 9. The number of aryl methyl sites for hydroxylation is 2. The van der Waals surface area contributed by atoms with E-state index in [1.54, 1.807) is 29.7 Å². The Balaban J connectivity index is 1.21. The lowest BCUT2D eigenvalue weighted by Gasteiger charge is -2.42. The van der Waals surface area contributed by atoms with Crippen molar-refractivity contribution < 1.29 is 14.3 Å². The Kier molecular flexibility index (Phi) is 6.24. The van der Waals surface area contributed by atoms with Crippen LogP contribution in [0.5, 0.6) is 0 Å². The quantitative estimate of drug-likeness (QED) is 0.496. The van der Waals surface area contributed by atoms with Crippen molar-refractivity contribution in [1.82, 2.24) is 24.8 Å². The maximum atomic E-state index is 13.2. The molecule has 36 heavy (non-hydrogen) atoms. The zero-order chi connectivity index (χ0) is 25.7. The molecule has 2 fully saturated rings. The molecule has 2 amide bonds. The minimum Gasteiger partial charge on any atom is -0.444 e. The fourth-order valence-corrected chi connectivity index (χ4v) is 6.08. The maximum Gasteiger partial charge on any atom is 0.410 e. The first-order valence-corrected chi connectivity index (χ1v) is 13.7. The van der Waals surface area contributed by atoms with E-state index in [1.165, 1.54) is 11.3 Å². The Morgan fingerprint density at radius 1 is 1.14 bits per heavy atom. The second-order valence-electron chi connectivity index (χ2n) is 10.3. The predicted octanol–water partition coefficient (Wildman–Crippen LogP) is 5.25. The molecule has 1 N–H and O–H groups in total. The molecular weight excluding hydrogens is 496 g/mol. The van der Waals surface area contributed by atoms with Gasteiger partial charge >= 0.3 is 6.09 Å². The molecule has 2 aliphatic rings. The first-order chi connectivity index (χ1) is 17.0. The number of pyridine rings is 1. The Labute approximate surface area is 218 Å². The van der Waals surface area contributed by atoms with E-state index in [4.69, 9.17) is 4.74 Å². The number of amides is 2.